The number of aromatic hydroxyl groups is 1. The molecular weight excluding hydrogens is 652 g/mol. The second kappa shape index (κ2) is 13.0. The van der Waals surface area contributed by atoms with Crippen molar-refractivity contribution in [2.45, 2.75) is 12.5 Å². The highest BCUT2D eigenvalue weighted by Gasteiger charge is 2.53. The number of carbonyl (C=O) groups excluding carboxylic acids is 2. The van der Waals surface area contributed by atoms with Gasteiger partial charge in [-0.1, -0.05) is 0 Å². The van der Waals surface area contributed by atoms with Gasteiger partial charge in [-0.25, -0.2) is 4.79 Å². The van der Waals surface area contributed by atoms with Gasteiger partial charge in [-0.3, -0.25) is 13.9 Å². The maximum Gasteiger partial charge on any atom is 0.347 e. The Bertz CT molecular complexity index is 1660. The van der Waals surface area contributed by atoms with Gasteiger partial charge in [0, 0.05) is 22.4 Å². The molecule has 1 aliphatic heterocycles. The number of ether oxygens (including phenoxy) is 2. The maximum atomic E-state index is 13.3. The van der Waals surface area contributed by atoms with Crippen molar-refractivity contribution in [1.29, 1.82) is 0 Å². The van der Waals surface area contributed by atoms with Crippen LogP contribution in [0.15, 0.2) is 66.7 Å². The average Bonchev–Trinajstić information content (AvgIpc) is 2.91. The Morgan fingerprint density at radius 2 is 1.47 bits per heavy atom. The Morgan fingerprint density at radius 1 is 0.884 bits per heavy atom. The minimum atomic E-state index is -3.12. The van der Waals surface area contributed by atoms with Crippen molar-refractivity contribution in [3.8, 4) is 17.2 Å². The highest BCUT2D eigenvalue weighted by molar-refractivity contribution is 9.39. The Kier molecular flexibility index (Phi) is 9.55. The van der Waals surface area contributed by atoms with E-state index in [0.29, 0.717) is 10.6 Å². The molecule has 3 aromatic carbocycles. The van der Waals surface area contributed by atoms with Crippen LogP contribution < -0.4 is 25.8 Å². The molecule has 0 aliphatic carbocycles. The van der Waals surface area contributed by atoms with Crippen LogP contribution in [-0.4, -0.2) is 39.9 Å². The summed E-state index contributed by atoms with van der Waals surface area (Å²) in [6.07, 6.45) is -2.54. The van der Waals surface area contributed by atoms with Crippen molar-refractivity contribution in [3.63, 3.8) is 0 Å². The van der Waals surface area contributed by atoms with E-state index in [1.54, 1.807) is 0 Å². The third-order valence-electron chi connectivity index (χ3n) is 5.40. The van der Waals surface area contributed by atoms with Crippen LogP contribution in [0.1, 0.15) is 16.8 Å². The van der Waals surface area contributed by atoms with Gasteiger partial charge in [0.15, 0.2) is 0 Å². The van der Waals surface area contributed by atoms with Gasteiger partial charge in [0.05, 0.1) is 6.42 Å². The largest absolute Gasteiger partial charge is 0.508 e. The standard InChI is InChI=1S/C23H19N3O13P2S2/c24-14-1-10-20(21(11-14)38-22(28)12-17(39-26(32)33)13-36-25(30)31)23(29)37-16-4-8-19(9-5-16)41(35)42-40(34,43-41)18-6-2-15(27)3-7-18/h1-11,17,27H,12-13,24H2. The van der Waals surface area contributed by atoms with E-state index in [1.165, 1.54) is 60.7 Å². The first kappa shape index (κ1) is 31.7. The molecule has 1 aliphatic rings. The number of rotatable bonds is 12. The SMILES string of the molecule is Nc1ccc(C(=O)Oc2ccc(P3(=O)SP(=O)(c4ccc(O)cc4)S3)cc2)c(OC(=O)CC(CO[N+](=O)[O-])O[N+](=O)[O-])c1. The quantitative estimate of drug-likeness (QED) is 0.0688. The summed E-state index contributed by atoms with van der Waals surface area (Å²) >= 11 is 1.73. The molecule has 20 heteroatoms. The number of nitrogens with two attached hydrogens (primary N) is 1. The minimum absolute atomic E-state index is 0.0136. The fourth-order valence-corrected chi connectivity index (χ4v) is 26.8. The number of anilines is 1. The van der Waals surface area contributed by atoms with Crippen LogP contribution in [-0.2, 0) is 23.6 Å². The number of carbonyl (C=O) groups is 2. The van der Waals surface area contributed by atoms with E-state index in [9.17, 15) is 44.1 Å². The Labute approximate surface area is 248 Å². The van der Waals surface area contributed by atoms with Crippen molar-refractivity contribution in [3.05, 3.63) is 92.5 Å². The van der Waals surface area contributed by atoms with Crippen LogP contribution in [0.2, 0.25) is 0 Å². The molecule has 3 aromatic rings. The van der Waals surface area contributed by atoms with Crippen LogP contribution in [0, 0.1) is 20.2 Å². The molecule has 0 saturated carbocycles. The Morgan fingerprint density at radius 3 is 2.02 bits per heavy atom. The lowest BCUT2D eigenvalue weighted by Crippen LogP contribution is -2.29. The predicted octanol–water partition coefficient (Wildman–Crippen LogP) is 4.09. The van der Waals surface area contributed by atoms with Crippen molar-refractivity contribution < 1.29 is 53.1 Å². The molecule has 3 N–H and O–H groups in total. The minimum Gasteiger partial charge on any atom is -0.508 e. The lowest BCUT2D eigenvalue weighted by atomic mass is 10.2. The summed E-state index contributed by atoms with van der Waals surface area (Å²) in [6, 6.07) is 15.1. The summed E-state index contributed by atoms with van der Waals surface area (Å²) in [4.78, 5) is 54.6. The molecule has 0 amide bonds. The summed E-state index contributed by atoms with van der Waals surface area (Å²) in [5.41, 5.74) is -0.590. The highest BCUT2D eigenvalue weighted by atomic mass is 33.6. The number of hydrogen-bond acceptors (Lipinski definition) is 16. The van der Waals surface area contributed by atoms with Gasteiger partial charge in [-0.15, -0.1) is 20.2 Å². The number of esters is 2. The van der Waals surface area contributed by atoms with E-state index >= 15 is 0 Å². The van der Waals surface area contributed by atoms with Crippen LogP contribution in [0.4, 0.5) is 5.69 Å². The molecule has 1 saturated heterocycles. The summed E-state index contributed by atoms with van der Waals surface area (Å²) in [5, 5.41) is 28.8. The maximum absolute atomic E-state index is 13.3. The second-order valence-electron chi connectivity index (χ2n) is 8.46. The molecule has 226 valence electrons. The predicted molar refractivity (Wildman–Crippen MR) is 155 cm³/mol. The Balaban J connectivity index is 1.42. The van der Waals surface area contributed by atoms with Gasteiger partial charge in [-0.05, 0) is 82.7 Å². The first-order valence-corrected chi connectivity index (χ1v) is 19.2. The highest BCUT2D eigenvalue weighted by Crippen LogP contribution is 3.03. The fourth-order valence-electron chi connectivity index (χ4n) is 3.51. The van der Waals surface area contributed by atoms with Gasteiger partial charge in [0.1, 0.15) is 35.5 Å². The number of hydrogen-bond donors (Lipinski definition) is 2. The molecule has 0 radical (unpaired) electrons. The normalized spacial score (nSPS) is 19.7. The molecule has 1 heterocycles. The number of benzene rings is 3. The topological polar surface area (TPSA) is 238 Å². The number of nitrogen functional groups attached to an aromatic ring is 1. The van der Waals surface area contributed by atoms with E-state index in [4.69, 9.17) is 15.2 Å². The second-order valence-corrected chi connectivity index (χ2v) is 23.3. The summed E-state index contributed by atoms with van der Waals surface area (Å²) < 4.78 is 36.9. The zero-order chi connectivity index (χ0) is 31.4. The van der Waals surface area contributed by atoms with Crippen molar-refractivity contribution in [2.24, 2.45) is 0 Å². The molecule has 0 spiro atoms. The van der Waals surface area contributed by atoms with Gasteiger partial charge in [0.25, 0.3) is 10.2 Å². The van der Waals surface area contributed by atoms with E-state index in [0.717, 1.165) is 28.1 Å². The van der Waals surface area contributed by atoms with Crippen molar-refractivity contribution >= 4 is 61.3 Å². The first-order valence-electron chi connectivity index (χ1n) is 11.7. The van der Waals surface area contributed by atoms with Gasteiger partial charge < -0.3 is 30.0 Å². The molecule has 0 aromatic heterocycles. The van der Waals surface area contributed by atoms with E-state index in [-0.39, 0.29) is 28.5 Å². The zero-order valence-corrected chi connectivity index (χ0v) is 24.8. The lowest BCUT2D eigenvalue weighted by Gasteiger charge is -2.33. The zero-order valence-electron chi connectivity index (χ0n) is 21.4. The summed E-state index contributed by atoms with van der Waals surface area (Å²) in [6.45, 7) is -0.941. The van der Waals surface area contributed by atoms with Gasteiger partial charge in [0.2, 0.25) is 11.1 Å². The summed E-state index contributed by atoms with van der Waals surface area (Å²) in [7, 11) is 0. The fraction of sp³-hybridized carbons (Fsp3) is 0.130. The number of phenols is 1. The van der Waals surface area contributed by atoms with Crippen molar-refractivity contribution in [1.82, 2.24) is 0 Å². The van der Waals surface area contributed by atoms with E-state index in [2.05, 4.69) is 9.68 Å². The van der Waals surface area contributed by atoms with Crippen molar-refractivity contribution in [2.75, 3.05) is 12.3 Å². The number of phenolic OH excluding ortho intramolecular Hbond substituents is 1. The molecule has 1 fully saturated rings. The van der Waals surface area contributed by atoms with E-state index < -0.39 is 52.3 Å². The lowest BCUT2D eigenvalue weighted by molar-refractivity contribution is -0.789. The van der Waals surface area contributed by atoms with E-state index in [1.807, 2.05) is 0 Å². The first-order chi connectivity index (χ1) is 20.3. The van der Waals surface area contributed by atoms with Crippen LogP contribution in [0.25, 0.3) is 0 Å². The van der Waals surface area contributed by atoms with Crippen LogP contribution in [0.5, 0.6) is 17.2 Å². The molecule has 1 atom stereocenters. The monoisotopic (exact) mass is 671 g/mol. The molecule has 43 heavy (non-hydrogen) atoms. The molecular formula is C23H19N3O13P2S2. The third kappa shape index (κ3) is 7.99. The summed E-state index contributed by atoms with van der Waals surface area (Å²) in [5.74, 6) is -2.46. The number of nitrogens with zero attached hydrogens (tertiary/aromatic N) is 2. The van der Waals surface area contributed by atoms with Gasteiger partial charge >= 0.3 is 11.9 Å². The Hall–Kier alpha value is -4.24. The average molecular weight is 671 g/mol. The molecule has 0 bridgehead atoms. The molecule has 4 rings (SSSR count). The van der Waals surface area contributed by atoms with Crippen LogP contribution in [0.3, 0.4) is 0 Å². The third-order valence-corrected chi connectivity index (χ3v) is 28.2. The smallest absolute Gasteiger partial charge is 0.347 e. The van der Waals surface area contributed by atoms with Gasteiger partial charge in [-0.2, -0.15) is 0 Å². The van der Waals surface area contributed by atoms with Crippen LogP contribution >= 0.6 is 33.1 Å². The molecule has 1 unspecified atom stereocenters. The molecule has 16 nitrogen and oxygen atoms in total.